The molecule has 0 spiro atoms. The van der Waals surface area contributed by atoms with Gasteiger partial charge in [-0.25, -0.2) is 17.8 Å². The molecule has 3 aromatic rings. The fraction of sp³-hybridized carbons (Fsp3) is 0.133. The average molecular weight is 396 g/mol. The van der Waals surface area contributed by atoms with Crippen molar-refractivity contribution in [1.82, 2.24) is 14.5 Å². The van der Waals surface area contributed by atoms with Crippen molar-refractivity contribution >= 4 is 36.9 Å². The van der Waals surface area contributed by atoms with Gasteiger partial charge in [-0.1, -0.05) is 0 Å². The molecule has 1 aromatic heterocycles. The number of benzene rings is 2. The van der Waals surface area contributed by atoms with Crippen LogP contribution < -0.4 is 9.46 Å². The summed E-state index contributed by atoms with van der Waals surface area (Å²) in [5.41, 5.74) is 1.66. The molecule has 23 heavy (non-hydrogen) atoms. The molecule has 0 saturated carbocycles. The Kier molecular flexibility index (Phi) is 4.13. The lowest BCUT2D eigenvalue weighted by atomic mass is 10.2. The van der Waals surface area contributed by atoms with Gasteiger partial charge in [-0.3, -0.25) is 0 Å². The molecule has 8 heteroatoms. The molecule has 6 nitrogen and oxygen atoms in total. The molecule has 3 rings (SSSR count). The maximum atomic E-state index is 11.9. The van der Waals surface area contributed by atoms with Crippen LogP contribution in [0.3, 0.4) is 0 Å². The number of aromatic nitrogens is 2. The lowest BCUT2D eigenvalue weighted by Crippen LogP contribution is -2.18. The van der Waals surface area contributed by atoms with Crippen LogP contribution >= 0.6 is 15.9 Å². The van der Waals surface area contributed by atoms with Crippen LogP contribution in [-0.4, -0.2) is 32.4 Å². The predicted molar refractivity (Wildman–Crippen MR) is 91.6 cm³/mol. The molecule has 0 aliphatic heterocycles. The van der Waals surface area contributed by atoms with Crippen LogP contribution in [0.5, 0.6) is 5.75 Å². The first-order valence-corrected chi connectivity index (χ1v) is 9.00. The zero-order chi connectivity index (χ0) is 16.6. The third kappa shape index (κ3) is 2.85. The van der Waals surface area contributed by atoms with Crippen LogP contribution in [0, 0.1) is 0 Å². The second kappa shape index (κ2) is 5.95. The second-order valence-electron chi connectivity index (χ2n) is 4.79. The maximum Gasteiger partial charge on any atom is 0.240 e. The van der Waals surface area contributed by atoms with Crippen molar-refractivity contribution < 1.29 is 13.2 Å². The molecule has 0 fully saturated rings. The van der Waals surface area contributed by atoms with Crippen LogP contribution in [0.25, 0.3) is 16.6 Å². The van der Waals surface area contributed by atoms with E-state index in [-0.39, 0.29) is 4.90 Å². The highest BCUT2D eigenvalue weighted by Gasteiger charge is 2.16. The fourth-order valence-electron chi connectivity index (χ4n) is 2.27. The van der Waals surface area contributed by atoms with Gasteiger partial charge in [0.25, 0.3) is 0 Å². The van der Waals surface area contributed by atoms with Gasteiger partial charge in [0.1, 0.15) is 10.4 Å². The normalized spacial score (nSPS) is 11.8. The van der Waals surface area contributed by atoms with Gasteiger partial charge in [0.05, 0.1) is 23.2 Å². The molecule has 1 N–H and O–H groups in total. The van der Waals surface area contributed by atoms with E-state index in [0.717, 1.165) is 22.3 Å². The van der Waals surface area contributed by atoms with Crippen molar-refractivity contribution in [1.29, 1.82) is 0 Å². The number of hydrogen-bond acceptors (Lipinski definition) is 4. The molecule has 0 saturated heterocycles. The average Bonchev–Trinajstić information content (AvgIpc) is 2.91. The number of rotatable bonds is 4. The smallest absolute Gasteiger partial charge is 0.240 e. The van der Waals surface area contributed by atoms with E-state index in [1.54, 1.807) is 30.0 Å². The van der Waals surface area contributed by atoms with Gasteiger partial charge in [0.2, 0.25) is 10.0 Å². The summed E-state index contributed by atoms with van der Waals surface area (Å²) in [5, 5.41) is 5.16. The van der Waals surface area contributed by atoms with Gasteiger partial charge in [-0.2, -0.15) is 5.10 Å². The Bertz CT molecular complexity index is 966. The van der Waals surface area contributed by atoms with Crippen molar-refractivity contribution in [3.8, 4) is 11.4 Å². The lowest BCUT2D eigenvalue weighted by molar-refractivity contribution is 0.414. The molecule has 0 amide bonds. The lowest BCUT2D eigenvalue weighted by Gasteiger charge is -2.06. The number of hydrogen-bond donors (Lipinski definition) is 1. The number of nitrogens with one attached hydrogen (secondary N) is 1. The summed E-state index contributed by atoms with van der Waals surface area (Å²) in [4.78, 5) is 0.197. The van der Waals surface area contributed by atoms with E-state index in [1.807, 2.05) is 24.3 Å². The summed E-state index contributed by atoms with van der Waals surface area (Å²) >= 11 is 3.39. The minimum absolute atomic E-state index is 0.197. The monoisotopic (exact) mass is 395 g/mol. The van der Waals surface area contributed by atoms with E-state index in [0.29, 0.717) is 4.60 Å². The van der Waals surface area contributed by atoms with Gasteiger partial charge in [0, 0.05) is 5.39 Å². The van der Waals surface area contributed by atoms with Gasteiger partial charge in [-0.15, -0.1) is 0 Å². The number of fused-ring (bicyclic) bond motifs is 1. The van der Waals surface area contributed by atoms with Crippen molar-refractivity contribution in [3.63, 3.8) is 0 Å². The van der Waals surface area contributed by atoms with Crippen LogP contribution in [0.2, 0.25) is 0 Å². The van der Waals surface area contributed by atoms with E-state index in [4.69, 9.17) is 4.74 Å². The van der Waals surface area contributed by atoms with Crippen molar-refractivity contribution in [3.05, 3.63) is 47.1 Å². The number of methoxy groups -OCH3 is 1. The minimum Gasteiger partial charge on any atom is -0.497 e. The quantitative estimate of drug-likeness (QED) is 0.736. The number of sulfonamides is 1. The Labute approximate surface area is 142 Å². The maximum absolute atomic E-state index is 11.9. The van der Waals surface area contributed by atoms with Crippen LogP contribution in [0.15, 0.2) is 52.0 Å². The highest BCUT2D eigenvalue weighted by Crippen LogP contribution is 2.28. The summed E-state index contributed by atoms with van der Waals surface area (Å²) in [5.74, 6) is 0.756. The van der Waals surface area contributed by atoms with Crippen LogP contribution in [0.4, 0.5) is 0 Å². The fourth-order valence-corrected chi connectivity index (χ4v) is 3.50. The van der Waals surface area contributed by atoms with Crippen LogP contribution in [-0.2, 0) is 10.0 Å². The predicted octanol–water partition coefficient (Wildman–Crippen LogP) is 2.70. The molecule has 0 aliphatic rings. The number of halogens is 1. The van der Waals surface area contributed by atoms with Crippen molar-refractivity contribution in [2.24, 2.45) is 0 Å². The van der Waals surface area contributed by atoms with Gasteiger partial charge in [-0.05, 0) is 65.4 Å². The van der Waals surface area contributed by atoms with E-state index in [2.05, 4.69) is 25.8 Å². The topological polar surface area (TPSA) is 73.2 Å². The van der Waals surface area contributed by atoms with Gasteiger partial charge in [0.15, 0.2) is 0 Å². The molecular weight excluding hydrogens is 382 g/mol. The molecule has 1 heterocycles. The number of nitrogens with zero attached hydrogens (tertiary/aromatic N) is 2. The summed E-state index contributed by atoms with van der Waals surface area (Å²) in [7, 11) is -0.501. The minimum atomic E-state index is -3.50. The largest absolute Gasteiger partial charge is 0.497 e. The first kappa shape index (κ1) is 16.0. The summed E-state index contributed by atoms with van der Waals surface area (Å²) in [6, 6.07) is 12.3. The van der Waals surface area contributed by atoms with Crippen molar-refractivity contribution in [2.45, 2.75) is 4.90 Å². The highest BCUT2D eigenvalue weighted by atomic mass is 79.9. The Morgan fingerprint density at radius 2 is 1.87 bits per heavy atom. The standard InChI is InChI=1S/C15H14BrN3O3S/c1-17-23(20,21)12-7-8-14-13(9-12)15(16)18-19(14)10-3-5-11(22-2)6-4-10/h3-9,17H,1-2H3. The first-order chi connectivity index (χ1) is 11.0. The summed E-state index contributed by atoms with van der Waals surface area (Å²) in [6.07, 6.45) is 0. The Morgan fingerprint density at radius 3 is 2.48 bits per heavy atom. The molecular formula is C15H14BrN3O3S. The number of ether oxygens (including phenoxy) is 1. The Morgan fingerprint density at radius 1 is 1.17 bits per heavy atom. The van der Waals surface area contributed by atoms with E-state index >= 15 is 0 Å². The van der Waals surface area contributed by atoms with Gasteiger partial charge < -0.3 is 4.74 Å². The molecule has 0 atom stereocenters. The second-order valence-corrected chi connectivity index (χ2v) is 7.42. The molecule has 2 aromatic carbocycles. The Hall–Kier alpha value is -1.90. The zero-order valence-corrected chi connectivity index (χ0v) is 14.8. The third-order valence-electron chi connectivity index (χ3n) is 3.50. The van der Waals surface area contributed by atoms with Crippen molar-refractivity contribution in [2.75, 3.05) is 14.2 Å². The third-order valence-corrected chi connectivity index (χ3v) is 5.50. The summed E-state index contributed by atoms with van der Waals surface area (Å²) < 4.78 is 33.7. The molecule has 120 valence electrons. The molecule has 0 bridgehead atoms. The van der Waals surface area contributed by atoms with E-state index in [1.165, 1.54) is 7.05 Å². The van der Waals surface area contributed by atoms with Crippen LogP contribution in [0.1, 0.15) is 0 Å². The van der Waals surface area contributed by atoms with E-state index < -0.39 is 10.0 Å². The molecule has 0 radical (unpaired) electrons. The Balaban J connectivity index is 2.16. The van der Waals surface area contributed by atoms with Gasteiger partial charge >= 0.3 is 0 Å². The summed E-state index contributed by atoms with van der Waals surface area (Å²) in [6.45, 7) is 0. The first-order valence-electron chi connectivity index (χ1n) is 6.72. The molecule has 0 aliphatic carbocycles. The SMILES string of the molecule is CNS(=O)(=O)c1ccc2c(c1)c(Br)nn2-c1ccc(OC)cc1. The zero-order valence-electron chi connectivity index (χ0n) is 12.4. The molecule has 0 unspecified atom stereocenters. The van der Waals surface area contributed by atoms with E-state index in [9.17, 15) is 8.42 Å². The highest BCUT2D eigenvalue weighted by molar-refractivity contribution is 9.10.